The zero-order chi connectivity index (χ0) is 13.2. The third-order valence-electron chi connectivity index (χ3n) is 3.28. The summed E-state index contributed by atoms with van der Waals surface area (Å²) in [6.07, 6.45) is 1.23. The van der Waals surface area contributed by atoms with Crippen molar-refractivity contribution in [2.24, 2.45) is 0 Å². The van der Waals surface area contributed by atoms with Crippen molar-refractivity contribution in [2.45, 2.75) is 32.3 Å². The van der Waals surface area contributed by atoms with E-state index in [-0.39, 0.29) is 17.0 Å². The zero-order valence-corrected chi connectivity index (χ0v) is 10.7. The first-order chi connectivity index (χ1) is 8.59. The van der Waals surface area contributed by atoms with E-state index in [9.17, 15) is 9.90 Å². The van der Waals surface area contributed by atoms with Crippen LogP contribution in [-0.2, 0) is 15.1 Å². The average molecular weight is 254 g/mol. The second-order valence-electron chi connectivity index (χ2n) is 4.40. The molecule has 0 saturated carbocycles. The van der Waals surface area contributed by atoms with Gasteiger partial charge >= 0.3 is 0 Å². The van der Waals surface area contributed by atoms with E-state index in [1.165, 1.54) is 6.92 Å². The van der Waals surface area contributed by atoms with Crippen molar-refractivity contribution in [2.75, 3.05) is 19.8 Å². The fraction of sp³-hybridized carbons (Fsp3) is 0.667. The van der Waals surface area contributed by atoms with Gasteiger partial charge in [0.1, 0.15) is 11.4 Å². The summed E-state index contributed by atoms with van der Waals surface area (Å²) >= 11 is 0. The second kappa shape index (κ2) is 5.07. The average Bonchev–Trinajstić information content (AvgIpc) is 2.37. The van der Waals surface area contributed by atoms with Crippen molar-refractivity contribution in [1.29, 1.82) is 0 Å². The number of rotatable bonds is 3. The van der Waals surface area contributed by atoms with Crippen LogP contribution in [0.3, 0.4) is 0 Å². The van der Waals surface area contributed by atoms with Gasteiger partial charge in [-0.05, 0) is 13.8 Å². The van der Waals surface area contributed by atoms with Crippen LogP contribution in [0.5, 0.6) is 5.88 Å². The lowest BCUT2D eigenvalue weighted by atomic mass is 9.93. The fourth-order valence-electron chi connectivity index (χ4n) is 2.16. The Hall–Kier alpha value is -1.40. The van der Waals surface area contributed by atoms with Crippen LogP contribution in [-0.4, -0.2) is 34.9 Å². The molecule has 0 aromatic carbocycles. The van der Waals surface area contributed by atoms with Crippen molar-refractivity contribution >= 4 is 0 Å². The summed E-state index contributed by atoms with van der Waals surface area (Å²) in [6.45, 7) is 5.04. The minimum absolute atomic E-state index is 0.220. The van der Waals surface area contributed by atoms with Crippen molar-refractivity contribution in [3.8, 4) is 5.88 Å². The molecule has 2 N–H and O–H groups in total. The summed E-state index contributed by atoms with van der Waals surface area (Å²) in [5.41, 5.74) is -0.766. The number of hydrogen-bond donors (Lipinski definition) is 2. The number of hydrogen-bond acceptors (Lipinski definition) is 5. The predicted molar refractivity (Wildman–Crippen MR) is 64.6 cm³/mol. The van der Waals surface area contributed by atoms with Crippen LogP contribution in [0.15, 0.2) is 4.79 Å². The van der Waals surface area contributed by atoms with Gasteiger partial charge in [0.25, 0.3) is 5.56 Å². The molecule has 1 aliphatic heterocycles. The molecule has 1 saturated heterocycles. The maximum absolute atomic E-state index is 11.7. The molecule has 1 aliphatic rings. The van der Waals surface area contributed by atoms with Gasteiger partial charge in [-0.25, -0.2) is 0 Å². The number of H-pyrrole nitrogens is 1. The Morgan fingerprint density at radius 2 is 2.17 bits per heavy atom. The Balaban J connectivity index is 2.45. The molecular formula is C12H18N2O4. The van der Waals surface area contributed by atoms with Crippen LogP contribution in [0.1, 0.15) is 31.2 Å². The summed E-state index contributed by atoms with van der Waals surface area (Å²) in [4.78, 5) is 18.5. The summed E-state index contributed by atoms with van der Waals surface area (Å²) in [5, 5.41) is 9.68. The largest absolute Gasteiger partial charge is 0.493 e. The van der Waals surface area contributed by atoms with Crippen LogP contribution in [0.4, 0.5) is 0 Å². The molecule has 6 heteroatoms. The molecule has 0 bridgehead atoms. The van der Waals surface area contributed by atoms with Gasteiger partial charge in [-0.15, -0.1) is 0 Å². The third kappa shape index (κ3) is 2.26. The SMILES string of the molecule is CCOC1(c2nc(O)c(C)c(=O)[nH]2)CCOCC1. The Morgan fingerprint density at radius 1 is 1.50 bits per heavy atom. The molecule has 0 amide bonds. The lowest BCUT2D eigenvalue weighted by molar-refractivity contribution is -0.118. The van der Waals surface area contributed by atoms with Crippen molar-refractivity contribution < 1.29 is 14.6 Å². The molecule has 100 valence electrons. The molecule has 0 atom stereocenters. The van der Waals surface area contributed by atoms with E-state index < -0.39 is 5.60 Å². The number of aromatic amines is 1. The van der Waals surface area contributed by atoms with E-state index in [1.54, 1.807) is 0 Å². The van der Waals surface area contributed by atoms with E-state index in [0.29, 0.717) is 38.5 Å². The number of nitrogens with one attached hydrogen (secondary N) is 1. The minimum Gasteiger partial charge on any atom is -0.493 e. The van der Waals surface area contributed by atoms with Crippen LogP contribution < -0.4 is 5.56 Å². The maximum Gasteiger partial charge on any atom is 0.257 e. The van der Waals surface area contributed by atoms with Crippen LogP contribution in [0.25, 0.3) is 0 Å². The Labute approximate surface area is 105 Å². The van der Waals surface area contributed by atoms with E-state index in [4.69, 9.17) is 9.47 Å². The van der Waals surface area contributed by atoms with E-state index in [0.717, 1.165) is 0 Å². The molecule has 2 heterocycles. The first kappa shape index (κ1) is 13.0. The topological polar surface area (TPSA) is 84.4 Å². The first-order valence-electron chi connectivity index (χ1n) is 6.11. The molecule has 18 heavy (non-hydrogen) atoms. The first-order valence-corrected chi connectivity index (χ1v) is 6.11. The second-order valence-corrected chi connectivity index (χ2v) is 4.40. The van der Waals surface area contributed by atoms with Gasteiger partial charge in [-0.2, -0.15) is 4.98 Å². The summed E-state index contributed by atoms with van der Waals surface area (Å²) in [7, 11) is 0. The zero-order valence-electron chi connectivity index (χ0n) is 10.7. The monoisotopic (exact) mass is 254 g/mol. The van der Waals surface area contributed by atoms with E-state index in [2.05, 4.69) is 9.97 Å². The quantitative estimate of drug-likeness (QED) is 0.834. The van der Waals surface area contributed by atoms with Gasteiger partial charge in [0.05, 0.1) is 5.56 Å². The maximum atomic E-state index is 11.7. The Kier molecular flexibility index (Phi) is 3.68. The van der Waals surface area contributed by atoms with Crippen molar-refractivity contribution in [3.05, 3.63) is 21.7 Å². The van der Waals surface area contributed by atoms with Gasteiger partial charge in [0.15, 0.2) is 0 Å². The van der Waals surface area contributed by atoms with Gasteiger partial charge in [-0.3, -0.25) is 4.79 Å². The molecule has 6 nitrogen and oxygen atoms in total. The van der Waals surface area contributed by atoms with Crippen LogP contribution >= 0.6 is 0 Å². The van der Waals surface area contributed by atoms with Gasteiger partial charge in [-0.1, -0.05) is 0 Å². The van der Waals surface area contributed by atoms with E-state index in [1.807, 2.05) is 6.92 Å². The van der Waals surface area contributed by atoms with Crippen LogP contribution in [0.2, 0.25) is 0 Å². The van der Waals surface area contributed by atoms with Gasteiger partial charge in [0.2, 0.25) is 5.88 Å². The van der Waals surface area contributed by atoms with Crippen LogP contribution in [0, 0.1) is 6.92 Å². The summed E-state index contributed by atoms with van der Waals surface area (Å²) in [6, 6.07) is 0. The Morgan fingerprint density at radius 3 is 2.72 bits per heavy atom. The normalized spacial score (nSPS) is 18.8. The van der Waals surface area contributed by atoms with Crippen molar-refractivity contribution in [3.63, 3.8) is 0 Å². The predicted octanol–water partition coefficient (Wildman–Crippen LogP) is 0.826. The molecule has 0 spiro atoms. The molecule has 1 aromatic heterocycles. The fourth-order valence-corrected chi connectivity index (χ4v) is 2.16. The molecule has 1 fully saturated rings. The van der Waals surface area contributed by atoms with Crippen molar-refractivity contribution in [1.82, 2.24) is 9.97 Å². The number of nitrogens with zero attached hydrogens (tertiary/aromatic N) is 1. The standard InChI is InChI=1S/C12H18N2O4/c1-3-18-12(4-6-17-7-5-12)11-13-9(15)8(2)10(16)14-11/h3-7H2,1-2H3,(H2,13,14,15,16). The highest BCUT2D eigenvalue weighted by Crippen LogP contribution is 2.34. The lowest BCUT2D eigenvalue weighted by Crippen LogP contribution is -2.39. The molecular weight excluding hydrogens is 236 g/mol. The molecule has 0 radical (unpaired) electrons. The molecule has 0 aliphatic carbocycles. The number of aromatic nitrogens is 2. The van der Waals surface area contributed by atoms with Gasteiger partial charge in [0, 0.05) is 32.7 Å². The number of ether oxygens (including phenoxy) is 2. The van der Waals surface area contributed by atoms with E-state index >= 15 is 0 Å². The molecule has 2 rings (SSSR count). The summed E-state index contributed by atoms with van der Waals surface area (Å²) in [5.74, 6) is 0.153. The molecule has 1 aromatic rings. The highest BCUT2D eigenvalue weighted by Gasteiger charge is 2.38. The highest BCUT2D eigenvalue weighted by molar-refractivity contribution is 5.22. The van der Waals surface area contributed by atoms with Gasteiger partial charge < -0.3 is 19.6 Å². The lowest BCUT2D eigenvalue weighted by Gasteiger charge is -2.35. The third-order valence-corrected chi connectivity index (χ3v) is 3.28. The smallest absolute Gasteiger partial charge is 0.257 e. The molecule has 0 unspecified atom stereocenters. The summed E-state index contributed by atoms with van der Waals surface area (Å²) < 4.78 is 11.1. The minimum atomic E-state index is -0.655. The highest BCUT2D eigenvalue weighted by atomic mass is 16.5. The number of aromatic hydroxyl groups is 1. The Bertz CT molecular complexity index is 472.